The number of halogens is 8. The molecule has 0 bridgehead atoms. The SMILES string of the molecule is O=C(CC1CCC(C(=O)N2CCC3(CCc4cccc(F)c4)c4ccc(C(F)(C(F)(F)F)C(F)(F)F)cc4CCC23)C1)C1=NCC1. The number of carbonyl (C=O) groups excluding carboxylic acids is 2. The number of aliphatic imine (C=N–C) groups is 1. The monoisotopic (exact) mass is 654 g/mol. The maximum Gasteiger partial charge on any atom is 0.435 e. The van der Waals surface area contributed by atoms with Crippen molar-refractivity contribution in [2.75, 3.05) is 13.1 Å². The average Bonchev–Trinajstić information content (AvgIpc) is 3.58. The average molecular weight is 655 g/mol. The Morgan fingerprint density at radius 3 is 2.33 bits per heavy atom. The van der Waals surface area contributed by atoms with Gasteiger partial charge in [-0.3, -0.25) is 14.6 Å². The van der Waals surface area contributed by atoms with Gasteiger partial charge in [-0.05, 0) is 86.1 Å². The molecule has 4 atom stereocenters. The molecule has 6 rings (SSSR count). The normalized spacial score (nSPS) is 26.3. The van der Waals surface area contributed by atoms with E-state index in [9.17, 15) is 40.3 Å². The molecule has 2 aromatic carbocycles. The number of carbonyl (C=O) groups is 2. The van der Waals surface area contributed by atoms with Crippen LogP contribution in [-0.4, -0.2) is 53.8 Å². The predicted octanol–water partition coefficient (Wildman–Crippen LogP) is 7.75. The molecule has 1 saturated heterocycles. The topological polar surface area (TPSA) is 49.7 Å². The lowest BCUT2D eigenvalue weighted by molar-refractivity contribution is -0.348. The second-order valence-electron chi connectivity index (χ2n) is 13.2. The predicted molar refractivity (Wildman–Crippen MR) is 154 cm³/mol. The third-order valence-electron chi connectivity index (χ3n) is 10.7. The van der Waals surface area contributed by atoms with E-state index in [2.05, 4.69) is 4.99 Å². The van der Waals surface area contributed by atoms with Crippen LogP contribution in [0.15, 0.2) is 47.5 Å². The van der Waals surface area contributed by atoms with E-state index in [-0.39, 0.29) is 41.9 Å². The maximum absolute atomic E-state index is 15.0. The minimum Gasteiger partial charge on any atom is -0.339 e. The maximum atomic E-state index is 15.0. The Kier molecular flexibility index (Phi) is 8.32. The van der Waals surface area contributed by atoms with Crippen LogP contribution in [0.25, 0.3) is 0 Å². The molecule has 46 heavy (non-hydrogen) atoms. The van der Waals surface area contributed by atoms with E-state index < -0.39 is 40.9 Å². The number of rotatable bonds is 8. The molecule has 0 aromatic heterocycles. The fourth-order valence-corrected chi connectivity index (χ4v) is 8.27. The first-order valence-electron chi connectivity index (χ1n) is 15.7. The Bertz CT molecular complexity index is 1540. The number of nitrogens with zero attached hydrogens (tertiary/aromatic N) is 2. The van der Waals surface area contributed by atoms with E-state index in [0.717, 1.165) is 6.42 Å². The molecule has 2 aliphatic carbocycles. The molecule has 4 aliphatic rings. The van der Waals surface area contributed by atoms with Gasteiger partial charge in [-0.2, -0.15) is 26.3 Å². The molecule has 4 unspecified atom stereocenters. The summed E-state index contributed by atoms with van der Waals surface area (Å²) in [6.45, 7) is 0.997. The van der Waals surface area contributed by atoms with Gasteiger partial charge in [0.25, 0.3) is 0 Å². The van der Waals surface area contributed by atoms with Gasteiger partial charge in [0, 0.05) is 48.9 Å². The van der Waals surface area contributed by atoms with Gasteiger partial charge in [-0.25, -0.2) is 8.78 Å². The van der Waals surface area contributed by atoms with Gasteiger partial charge < -0.3 is 4.90 Å². The van der Waals surface area contributed by atoms with Crippen LogP contribution < -0.4 is 0 Å². The van der Waals surface area contributed by atoms with Crippen LogP contribution in [0.4, 0.5) is 35.1 Å². The number of aryl methyl sites for hydroxylation is 2. The first-order chi connectivity index (χ1) is 21.6. The zero-order valence-electron chi connectivity index (χ0n) is 25.0. The van der Waals surface area contributed by atoms with Crippen LogP contribution in [0.5, 0.6) is 0 Å². The van der Waals surface area contributed by atoms with Gasteiger partial charge in [-0.1, -0.05) is 30.3 Å². The molecular formula is C34H34F8N2O2. The summed E-state index contributed by atoms with van der Waals surface area (Å²) in [7, 11) is 0. The molecule has 1 amide bonds. The summed E-state index contributed by atoms with van der Waals surface area (Å²) in [6.07, 6.45) is -8.05. The van der Waals surface area contributed by atoms with Crippen molar-refractivity contribution in [1.82, 2.24) is 4.90 Å². The summed E-state index contributed by atoms with van der Waals surface area (Å²) in [5.41, 5.74) is -5.92. The smallest absolute Gasteiger partial charge is 0.339 e. The van der Waals surface area contributed by atoms with Gasteiger partial charge in [0.15, 0.2) is 5.78 Å². The Morgan fingerprint density at radius 2 is 1.67 bits per heavy atom. The number of benzene rings is 2. The Morgan fingerprint density at radius 1 is 0.935 bits per heavy atom. The molecule has 12 heteroatoms. The number of alkyl halides is 7. The highest BCUT2D eigenvalue weighted by Gasteiger charge is 2.73. The Hall–Kier alpha value is -3.31. The summed E-state index contributed by atoms with van der Waals surface area (Å²) < 4.78 is 111. The van der Waals surface area contributed by atoms with Crippen molar-refractivity contribution in [3.63, 3.8) is 0 Å². The van der Waals surface area contributed by atoms with Crippen LogP contribution in [0, 0.1) is 17.7 Å². The van der Waals surface area contributed by atoms with Gasteiger partial charge in [0.05, 0.1) is 5.71 Å². The van der Waals surface area contributed by atoms with Crippen LogP contribution >= 0.6 is 0 Å². The molecule has 0 N–H and O–H groups in total. The van der Waals surface area contributed by atoms with Gasteiger partial charge >= 0.3 is 18.0 Å². The summed E-state index contributed by atoms with van der Waals surface area (Å²) in [5.74, 6) is -0.710. The summed E-state index contributed by atoms with van der Waals surface area (Å²) in [6, 6.07) is 7.99. The number of fused-ring (bicyclic) bond motifs is 3. The zero-order valence-corrected chi connectivity index (χ0v) is 25.0. The third-order valence-corrected chi connectivity index (χ3v) is 10.7. The van der Waals surface area contributed by atoms with E-state index in [1.807, 2.05) is 0 Å². The van der Waals surface area contributed by atoms with Crippen molar-refractivity contribution < 1.29 is 44.7 Å². The number of hydrogen-bond acceptors (Lipinski definition) is 3. The van der Waals surface area contributed by atoms with Crippen molar-refractivity contribution in [3.8, 4) is 0 Å². The summed E-state index contributed by atoms with van der Waals surface area (Å²) >= 11 is 0. The minimum absolute atomic E-state index is 0.0264. The standard InChI is InChI=1S/C34H34F8N2O2/c35-25-3-1-2-20(17-25)10-12-31-13-15-44(30(46)23-5-4-21(16-23)18-28(45)27-11-14-43-27)29(31)9-6-22-19-24(7-8-26(22)31)32(36,33(37,38)39)34(40,41)42/h1-3,7-8,17,19,21,23,29H,4-6,9-16,18H2. The molecular weight excluding hydrogens is 620 g/mol. The van der Waals surface area contributed by atoms with Crippen molar-refractivity contribution in [3.05, 3.63) is 70.5 Å². The molecule has 2 aromatic rings. The summed E-state index contributed by atoms with van der Waals surface area (Å²) in [5, 5.41) is 0. The highest BCUT2D eigenvalue weighted by Crippen LogP contribution is 2.56. The van der Waals surface area contributed by atoms with E-state index >= 15 is 4.39 Å². The van der Waals surface area contributed by atoms with Crippen LogP contribution in [0.1, 0.15) is 73.6 Å². The largest absolute Gasteiger partial charge is 0.435 e. The lowest BCUT2D eigenvalue weighted by Crippen LogP contribution is -2.51. The first-order valence-corrected chi connectivity index (χ1v) is 15.7. The lowest BCUT2D eigenvalue weighted by Gasteiger charge is -2.44. The van der Waals surface area contributed by atoms with E-state index in [1.165, 1.54) is 18.2 Å². The Balaban J connectivity index is 1.30. The second-order valence-corrected chi connectivity index (χ2v) is 13.2. The zero-order chi connectivity index (χ0) is 33.1. The van der Waals surface area contributed by atoms with E-state index in [1.54, 1.807) is 17.0 Å². The minimum atomic E-state index is -6.22. The number of hydrogen-bond donors (Lipinski definition) is 0. The number of likely N-dealkylation sites (tertiary alicyclic amines) is 1. The first kappa shape index (κ1) is 32.6. The fraction of sp³-hybridized carbons (Fsp3) is 0.559. The highest BCUT2D eigenvalue weighted by molar-refractivity contribution is 6.41. The van der Waals surface area contributed by atoms with Gasteiger partial charge in [0.2, 0.25) is 5.91 Å². The molecule has 0 radical (unpaired) electrons. The number of amides is 1. The number of ketones is 1. The van der Waals surface area contributed by atoms with E-state index in [4.69, 9.17) is 0 Å². The lowest BCUT2D eigenvalue weighted by atomic mass is 9.63. The quantitative estimate of drug-likeness (QED) is 0.274. The summed E-state index contributed by atoms with van der Waals surface area (Å²) in [4.78, 5) is 32.4. The molecule has 4 nitrogen and oxygen atoms in total. The van der Waals surface area contributed by atoms with Crippen LogP contribution in [-0.2, 0) is 33.5 Å². The fourth-order valence-electron chi connectivity index (χ4n) is 8.27. The Labute approximate surface area is 261 Å². The van der Waals surface area contributed by atoms with Crippen LogP contribution in [0.2, 0.25) is 0 Å². The molecule has 1 saturated carbocycles. The third kappa shape index (κ3) is 5.53. The molecule has 2 fully saturated rings. The van der Waals surface area contributed by atoms with E-state index in [0.29, 0.717) is 87.0 Å². The molecule has 0 spiro atoms. The van der Waals surface area contributed by atoms with Crippen molar-refractivity contribution in [2.24, 2.45) is 16.8 Å². The molecule has 248 valence electrons. The molecule has 2 heterocycles. The van der Waals surface area contributed by atoms with Gasteiger partial charge in [0.1, 0.15) is 5.82 Å². The second kappa shape index (κ2) is 11.7. The van der Waals surface area contributed by atoms with Gasteiger partial charge in [-0.15, -0.1) is 0 Å². The molecule has 2 aliphatic heterocycles. The highest BCUT2D eigenvalue weighted by atomic mass is 19.4. The van der Waals surface area contributed by atoms with Crippen molar-refractivity contribution in [1.29, 1.82) is 0 Å². The van der Waals surface area contributed by atoms with Crippen molar-refractivity contribution >= 4 is 17.4 Å². The van der Waals surface area contributed by atoms with Crippen molar-refractivity contribution in [2.45, 2.75) is 93.7 Å². The van der Waals surface area contributed by atoms with Crippen LogP contribution in [0.3, 0.4) is 0 Å². The number of Topliss-reactive ketones (excluding diaryl/α,β-unsaturated/α-hetero) is 1.